The first-order valence-corrected chi connectivity index (χ1v) is 5.02. The highest BCUT2D eigenvalue weighted by atomic mass is 19.4. The molecule has 1 aliphatic carbocycles. The van der Waals surface area contributed by atoms with Gasteiger partial charge in [-0.1, -0.05) is 12.1 Å². The minimum atomic E-state index is -4.76. The molecule has 1 aliphatic rings. The van der Waals surface area contributed by atoms with E-state index in [-0.39, 0.29) is 5.56 Å². The lowest BCUT2D eigenvalue weighted by atomic mass is 10.1. The average molecular weight is 270 g/mol. The van der Waals surface area contributed by atoms with E-state index in [2.05, 4.69) is 0 Å². The van der Waals surface area contributed by atoms with E-state index in [0.717, 1.165) is 12.1 Å². The zero-order valence-corrected chi connectivity index (χ0v) is 8.81. The SMILES string of the molecule is O[C@]1(C(F)(F)F)C[C@H]1c1ccc(C(F)(F)F)cc1. The van der Waals surface area contributed by atoms with Crippen LogP contribution in [0.4, 0.5) is 26.3 Å². The molecule has 7 heteroatoms. The Morgan fingerprint density at radius 2 is 1.50 bits per heavy atom. The third-order valence-electron chi connectivity index (χ3n) is 3.06. The van der Waals surface area contributed by atoms with E-state index in [0.29, 0.717) is 12.1 Å². The smallest absolute Gasteiger partial charge is 0.380 e. The van der Waals surface area contributed by atoms with E-state index in [4.69, 9.17) is 0 Å². The highest BCUT2D eigenvalue weighted by molar-refractivity contribution is 5.35. The fraction of sp³-hybridized carbons (Fsp3) is 0.455. The van der Waals surface area contributed by atoms with Gasteiger partial charge in [0, 0.05) is 5.92 Å². The fourth-order valence-corrected chi connectivity index (χ4v) is 1.86. The van der Waals surface area contributed by atoms with E-state index < -0.39 is 35.9 Å². The molecule has 1 N–H and O–H groups in total. The van der Waals surface area contributed by atoms with Gasteiger partial charge in [-0.05, 0) is 24.1 Å². The monoisotopic (exact) mass is 270 g/mol. The quantitative estimate of drug-likeness (QED) is 0.774. The summed E-state index contributed by atoms with van der Waals surface area (Å²) in [5.41, 5.74) is -3.67. The zero-order chi connectivity index (χ0) is 13.8. The first kappa shape index (κ1) is 13.2. The highest BCUT2D eigenvalue weighted by Gasteiger charge is 2.70. The van der Waals surface area contributed by atoms with Gasteiger partial charge in [-0.25, -0.2) is 0 Å². The van der Waals surface area contributed by atoms with E-state index in [1.165, 1.54) is 0 Å². The van der Waals surface area contributed by atoms with Crippen molar-refractivity contribution < 1.29 is 31.4 Å². The Morgan fingerprint density at radius 3 is 1.83 bits per heavy atom. The zero-order valence-electron chi connectivity index (χ0n) is 8.81. The lowest BCUT2D eigenvalue weighted by Gasteiger charge is -2.15. The largest absolute Gasteiger partial charge is 0.417 e. The molecule has 100 valence electrons. The summed E-state index contributed by atoms with van der Waals surface area (Å²) in [6.07, 6.45) is -9.80. The lowest BCUT2D eigenvalue weighted by molar-refractivity contribution is -0.220. The Morgan fingerprint density at radius 1 is 1.00 bits per heavy atom. The second-order valence-electron chi connectivity index (χ2n) is 4.30. The van der Waals surface area contributed by atoms with E-state index in [1.807, 2.05) is 0 Å². The predicted molar refractivity (Wildman–Crippen MR) is 49.8 cm³/mol. The Kier molecular flexibility index (Phi) is 2.66. The summed E-state index contributed by atoms with van der Waals surface area (Å²) in [6.45, 7) is 0. The van der Waals surface area contributed by atoms with Crippen molar-refractivity contribution in [1.82, 2.24) is 0 Å². The fourth-order valence-electron chi connectivity index (χ4n) is 1.86. The molecule has 2 rings (SSSR count). The highest BCUT2D eigenvalue weighted by Crippen LogP contribution is 2.59. The molecule has 0 bridgehead atoms. The van der Waals surface area contributed by atoms with Crippen LogP contribution in [0.15, 0.2) is 24.3 Å². The third kappa shape index (κ3) is 2.07. The molecule has 0 amide bonds. The molecule has 0 spiro atoms. The van der Waals surface area contributed by atoms with Crippen LogP contribution >= 0.6 is 0 Å². The molecular formula is C11H8F6O. The number of hydrogen-bond acceptors (Lipinski definition) is 1. The second-order valence-corrected chi connectivity index (χ2v) is 4.30. The molecule has 0 saturated heterocycles. The van der Waals surface area contributed by atoms with Crippen molar-refractivity contribution in [3.8, 4) is 0 Å². The van der Waals surface area contributed by atoms with E-state index in [1.54, 1.807) is 0 Å². The maximum atomic E-state index is 12.4. The number of rotatable bonds is 1. The molecule has 0 aromatic heterocycles. The van der Waals surface area contributed by atoms with Crippen LogP contribution < -0.4 is 0 Å². The molecule has 0 unspecified atom stereocenters. The number of alkyl halides is 6. The molecule has 1 aromatic carbocycles. The van der Waals surface area contributed by atoms with Crippen LogP contribution in [0.3, 0.4) is 0 Å². The normalized spacial score (nSPS) is 28.3. The van der Waals surface area contributed by atoms with Crippen molar-refractivity contribution in [2.75, 3.05) is 0 Å². The minimum Gasteiger partial charge on any atom is -0.380 e. The van der Waals surface area contributed by atoms with Crippen LogP contribution in [0.5, 0.6) is 0 Å². The van der Waals surface area contributed by atoms with Gasteiger partial charge in [-0.15, -0.1) is 0 Å². The molecule has 1 aromatic rings. The summed E-state index contributed by atoms with van der Waals surface area (Å²) in [6, 6.07) is 3.36. The Bertz CT molecular complexity index is 446. The van der Waals surface area contributed by atoms with E-state index in [9.17, 15) is 31.4 Å². The first-order chi connectivity index (χ1) is 8.06. The maximum absolute atomic E-state index is 12.4. The molecule has 2 atom stereocenters. The van der Waals surface area contributed by atoms with Gasteiger partial charge in [0.1, 0.15) is 0 Å². The van der Waals surface area contributed by atoms with Crippen LogP contribution in [0.2, 0.25) is 0 Å². The Labute approximate surface area is 98.0 Å². The molecule has 0 aliphatic heterocycles. The van der Waals surface area contributed by atoms with Gasteiger partial charge in [0.05, 0.1) is 5.56 Å². The van der Waals surface area contributed by atoms with Gasteiger partial charge in [0.2, 0.25) is 0 Å². The van der Waals surface area contributed by atoms with Crippen LogP contribution in [-0.2, 0) is 6.18 Å². The summed E-state index contributed by atoms with van der Waals surface area (Å²) in [7, 11) is 0. The molecule has 1 fully saturated rings. The molecule has 0 radical (unpaired) electrons. The molecule has 1 saturated carbocycles. The van der Waals surface area contributed by atoms with Crippen molar-refractivity contribution in [1.29, 1.82) is 0 Å². The minimum absolute atomic E-state index is 0.0582. The van der Waals surface area contributed by atoms with Crippen molar-refractivity contribution >= 4 is 0 Å². The lowest BCUT2D eigenvalue weighted by Crippen LogP contribution is -2.32. The Hall–Kier alpha value is -1.24. The van der Waals surface area contributed by atoms with Crippen molar-refractivity contribution in [2.45, 2.75) is 30.3 Å². The van der Waals surface area contributed by atoms with Crippen LogP contribution in [-0.4, -0.2) is 16.9 Å². The maximum Gasteiger partial charge on any atom is 0.417 e. The third-order valence-corrected chi connectivity index (χ3v) is 3.06. The average Bonchev–Trinajstić information content (AvgIpc) is 2.91. The van der Waals surface area contributed by atoms with Gasteiger partial charge >= 0.3 is 12.4 Å². The summed E-state index contributed by atoms with van der Waals surface area (Å²) in [5, 5.41) is 9.26. The predicted octanol–water partition coefficient (Wildman–Crippen LogP) is 3.49. The second kappa shape index (κ2) is 3.63. The van der Waals surface area contributed by atoms with Gasteiger partial charge < -0.3 is 5.11 Å². The number of hydrogen-bond donors (Lipinski definition) is 1. The summed E-state index contributed by atoms with van der Waals surface area (Å²) < 4.78 is 73.9. The van der Waals surface area contributed by atoms with Crippen LogP contribution in [0, 0.1) is 0 Å². The van der Waals surface area contributed by atoms with Crippen molar-refractivity contribution in [2.24, 2.45) is 0 Å². The number of benzene rings is 1. The standard InChI is InChI=1S/C11H8F6O/c12-10(13,14)7-3-1-6(2-4-7)8-5-9(8,18)11(15,16)17/h1-4,8,18H,5H2/t8-,9+/m0/s1. The van der Waals surface area contributed by atoms with Gasteiger partial charge in [-0.2, -0.15) is 26.3 Å². The molecule has 18 heavy (non-hydrogen) atoms. The topological polar surface area (TPSA) is 20.2 Å². The molecule has 0 heterocycles. The van der Waals surface area contributed by atoms with Crippen molar-refractivity contribution in [3.05, 3.63) is 35.4 Å². The summed E-state index contributed by atoms with van der Waals surface area (Å²) in [5.74, 6) is -1.18. The summed E-state index contributed by atoms with van der Waals surface area (Å²) >= 11 is 0. The number of halogens is 6. The van der Waals surface area contributed by atoms with Crippen LogP contribution in [0.25, 0.3) is 0 Å². The Balaban J connectivity index is 2.19. The van der Waals surface area contributed by atoms with Crippen LogP contribution in [0.1, 0.15) is 23.5 Å². The number of aliphatic hydroxyl groups is 1. The van der Waals surface area contributed by atoms with Crippen molar-refractivity contribution in [3.63, 3.8) is 0 Å². The van der Waals surface area contributed by atoms with Gasteiger partial charge in [0.15, 0.2) is 5.60 Å². The first-order valence-electron chi connectivity index (χ1n) is 5.02. The molecule has 1 nitrogen and oxygen atoms in total. The molecular weight excluding hydrogens is 262 g/mol. The van der Waals surface area contributed by atoms with Gasteiger partial charge in [-0.3, -0.25) is 0 Å². The summed E-state index contributed by atoms with van der Waals surface area (Å²) in [4.78, 5) is 0. The van der Waals surface area contributed by atoms with E-state index >= 15 is 0 Å². The van der Waals surface area contributed by atoms with Gasteiger partial charge in [0.25, 0.3) is 0 Å².